The molecule has 2 nitrogen and oxygen atoms in total. The molecule has 2 N–H and O–H groups in total. The van der Waals surface area contributed by atoms with Gasteiger partial charge in [-0.25, -0.2) is 0 Å². The molecule has 0 bridgehead atoms. The Morgan fingerprint density at radius 1 is 1.17 bits per heavy atom. The van der Waals surface area contributed by atoms with Crippen LogP contribution in [0.1, 0.15) is 37.7 Å². The Morgan fingerprint density at radius 3 is 2.61 bits per heavy atom. The molecule has 1 aromatic rings. The second-order valence-corrected chi connectivity index (χ2v) is 5.90. The first kappa shape index (κ1) is 12.2. The highest BCUT2D eigenvalue weighted by atomic mass is 15.0. The van der Waals surface area contributed by atoms with E-state index in [1.54, 1.807) is 0 Å². The maximum atomic E-state index is 3.84. The lowest BCUT2D eigenvalue weighted by Gasteiger charge is -2.29. The molecule has 98 valence electrons. The second-order valence-electron chi connectivity index (χ2n) is 5.90. The van der Waals surface area contributed by atoms with Crippen LogP contribution >= 0.6 is 0 Å². The molecular formula is C16H24N2. The molecular weight excluding hydrogens is 220 g/mol. The van der Waals surface area contributed by atoms with Gasteiger partial charge in [0.1, 0.15) is 0 Å². The van der Waals surface area contributed by atoms with Crippen LogP contribution in [0.3, 0.4) is 0 Å². The summed E-state index contributed by atoms with van der Waals surface area (Å²) in [6.45, 7) is 4.77. The zero-order valence-electron chi connectivity index (χ0n) is 11.2. The normalized spacial score (nSPS) is 30.1. The minimum Gasteiger partial charge on any atom is -0.317 e. The summed E-state index contributed by atoms with van der Waals surface area (Å²) in [7, 11) is 0. The molecule has 0 amide bonds. The zero-order valence-corrected chi connectivity index (χ0v) is 11.2. The highest BCUT2D eigenvalue weighted by molar-refractivity contribution is 5.27. The monoisotopic (exact) mass is 244 g/mol. The quantitative estimate of drug-likeness (QED) is 0.850. The van der Waals surface area contributed by atoms with Crippen molar-refractivity contribution in [1.29, 1.82) is 0 Å². The Morgan fingerprint density at radius 2 is 1.89 bits per heavy atom. The molecule has 2 fully saturated rings. The minimum atomic E-state index is 0.672. The Kier molecular flexibility index (Phi) is 3.67. The summed E-state index contributed by atoms with van der Waals surface area (Å²) in [4.78, 5) is 0. The van der Waals surface area contributed by atoms with Crippen LogP contribution in [0.2, 0.25) is 0 Å². The summed E-state index contributed by atoms with van der Waals surface area (Å²) in [6.07, 6.45) is 3.98. The fourth-order valence-electron chi connectivity index (χ4n) is 3.27. The van der Waals surface area contributed by atoms with Gasteiger partial charge in [-0.2, -0.15) is 0 Å². The summed E-state index contributed by atoms with van der Waals surface area (Å²) < 4.78 is 0. The summed E-state index contributed by atoms with van der Waals surface area (Å²) >= 11 is 0. The van der Waals surface area contributed by atoms with Gasteiger partial charge in [-0.15, -0.1) is 0 Å². The maximum Gasteiger partial charge on any atom is 0.0145 e. The van der Waals surface area contributed by atoms with Gasteiger partial charge >= 0.3 is 0 Å². The van der Waals surface area contributed by atoms with Crippen LogP contribution in [0.15, 0.2) is 30.3 Å². The van der Waals surface area contributed by atoms with Crippen molar-refractivity contribution in [3.05, 3.63) is 35.9 Å². The van der Waals surface area contributed by atoms with Crippen molar-refractivity contribution in [2.45, 2.75) is 44.2 Å². The van der Waals surface area contributed by atoms with Crippen molar-refractivity contribution in [2.24, 2.45) is 5.92 Å². The van der Waals surface area contributed by atoms with Crippen molar-refractivity contribution in [3.8, 4) is 0 Å². The average Bonchev–Trinajstić information content (AvgIpc) is 3.20. The van der Waals surface area contributed by atoms with Crippen LogP contribution < -0.4 is 10.6 Å². The second kappa shape index (κ2) is 5.41. The first-order valence-corrected chi connectivity index (χ1v) is 7.36. The summed E-state index contributed by atoms with van der Waals surface area (Å²) in [5.74, 6) is 1.62. The van der Waals surface area contributed by atoms with E-state index < -0.39 is 0 Å². The highest BCUT2D eigenvalue weighted by Gasteiger charge is 2.39. The lowest BCUT2D eigenvalue weighted by Crippen LogP contribution is -2.41. The van der Waals surface area contributed by atoms with Crippen LogP contribution in [-0.4, -0.2) is 25.2 Å². The summed E-state index contributed by atoms with van der Waals surface area (Å²) in [5, 5.41) is 7.29. The van der Waals surface area contributed by atoms with E-state index >= 15 is 0 Å². The molecule has 1 saturated heterocycles. The highest BCUT2D eigenvalue weighted by Crippen LogP contribution is 2.41. The molecule has 1 aromatic carbocycles. The van der Waals surface area contributed by atoms with Gasteiger partial charge in [0.05, 0.1) is 0 Å². The van der Waals surface area contributed by atoms with Gasteiger partial charge in [0.2, 0.25) is 0 Å². The third kappa shape index (κ3) is 2.76. The predicted molar refractivity (Wildman–Crippen MR) is 75.8 cm³/mol. The molecule has 2 heteroatoms. The largest absolute Gasteiger partial charge is 0.317 e. The first-order chi connectivity index (χ1) is 8.84. The summed E-state index contributed by atoms with van der Waals surface area (Å²) in [5.41, 5.74) is 1.51. The van der Waals surface area contributed by atoms with Crippen molar-refractivity contribution in [2.75, 3.05) is 13.1 Å². The number of hydrogen-bond acceptors (Lipinski definition) is 2. The molecule has 3 rings (SSSR count). The number of nitrogens with one attached hydrogen (secondary N) is 2. The standard InChI is InChI=1S/C16H24N2/c1-12(13-7-9-17-10-8-13)18-16-11-15(16)14-5-3-2-4-6-14/h2-6,12-13,15-18H,7-11H2,1H3/t12?,15-,16+/m1/s1. The van der Waals surface area contributed by atoms with E-state index in [4.69, 9.17) is 0 Å². The Bertz CT molecular complexity index is 370. The van der Waals surface area contributed by atoms with Gasteiger partial charge in [0, 0.05) is 18.0 Å². The fourth-order valence-corrected chi connectivity index (χ4v) is 3.27. The van der Waals surface area contributed by atoms with E-state index in [1.807, 2.05) is 0 Å². The number of hydrogen-bond donors (Lipinski definition) is 2. The SMILES string of the molecule is CC(N[C@H]1C[C@@H]1c1ccccc1)C1CCNCC1. The molecule has 1 heterocycles. The van der Waals surface area contributed by atoms with Crippen LogP contribution in [-0.2, 0) is 0 Å². The van der Waals surface area contributed by atoms with Crippen LogP contribution in [0.25, 0.3) is 0 Å². The van der Waals surface area contributed by atoms with Gasteiger partial charge in [0.15, 0.2) is 0 Å². The maximum absolute atomic E-state index is 3.84. The molecule has 1 saturated carbocycles. The molecule has 18 heavy (non-hydrogen) atoms. The topological polar surface area (TPSA) is 24.1 Å². The molecule has 3 atom stereocenters. The first-order valence-electron chi connectivity index (χ1n) is 7.36. The molecule has 2 aliphatic rings. The molecule has 1 aliphatic carbocycles. The van der Waals surface area contributed by atoms with Crippen molar-refractivity contribution in [3.63, 3.8) is 0 Å². The molecule has 0 radical (unpaired) electrons. The van der Waals surface area contributed by atoms with Crippen LogP contribution in [0.4, 0.5) is 0 Å². The molecule has 0 spiro atoms. The van der Waals surface area contributed by atoms with Gasteiger partial charge in [0.25, 0.3) is 0 Å². The van der Waals surface area contributed by atoms with E-state index in [-0.39, 0.29) is 0 Å². The smallest absolute Gasteiger partial charge is 0.0145 e. The number of rotatable bonds is 4. The number of piperidine rings is 1. The van der Waals surface area contributed by atoms with E-state index in [0.29, 0.717) is 6.04 Å². The minimum absolute atomic E-state index is 0.672. The Hall–Kier alpha value is -0.860. The van der Waals surface area contributed by atoms with Crippen molar-refractivity contribution < 1.29 is 0 Å². The molecule has 0 aromatic heterocycles. The van der Waals surface area contributed by atoms with Crippen molar-refractivity contribution in [1.82, 2.24) is 10.6 Å². The lowest BCUT2D eigenvalue weighted by molar-refractivity contribution is 0.291. The predicted octanol–water partition coefficient (Wildman–Crippen LogP) is 2.52. The van der Waals surface area contributed by atoms with E-state index in [0.717, 1.165) is 17.9 Å². The Labute approximate surface area is 110 Å². The fraction of sp³-hybridized carbons (Fsp3) is 0.625. The molecule has 1 aliphatic heterocycles. The van der Waals surface area contributed by atoms with E-state index in [2.05, 4.69) is 47.9 Å². The van der Waals surface area contributed by atoms with Gasteiger partial charge in [-0.1, -0.05) is 30.3 Å². The molecule has 1 unspecified atom stereocenters. The third-order valence-corrected chi connectivity index (χ3v) is 4.59. The van der Waals surface area contributed by atoms with Gasteiger partial charge in [-0.05, 0) is 50.8 Å². The van der Waals surface area contributed by atoms with E-state index in [1.165, 1.54) is 37.9 Å². The van der Waals surface area contributed by atoms with E-state index in [9.17, 15) is 0 Å². The third-order valence-electron chi connectivity index (χ3n) is 4.59. The number of benzene rings is 1. The summed E-state index contributed by atoms with van der Waals surface area (Å²) in [6, 6.07) is 12.3. The Balaban J connectivity index is 1.50. The lowest BCUT2D eigenvalue weighted by atomic mass is 9.91. The van der Waals surface area contributed by atoms with Crippen LogP contribution in [0, 0.1) is 5.92 Å². The van der Waals surface area contributed by atoms with Gasteiger partial charge < -0.3 is 10.6 Å². The van der Waals surface area contributed by atoms with Crippen LogP contribution in [0.5, 0.6) is 0 Å². The van der Waals surface area contributed by atoms with Crippen molar-refractivity contribution >= 4 is 0 Å². The zero-order chi connectivity index (χ0) is 12.4. The average molecular weight is 244 g/mol. The van der Waals surface area contributed by atoms with Gasteiger partial charge in [-0.3, -0.25) is 0 Å².